The van der Waals surface area contributed by atoms with Gasteiger partial charge in [0, 0.05) is 12.2 Å². The van der Waals surface area contributed by atoms with Gasteiger partial charge in [-0.3, -0.25) is 0 Å². The first kappa shape index (κ1) is 58.3. The zero-order valence-corrected chi connectivity index (χ0v) is 44.2. The predicted molar refractivity (Wildman–Crippen MR) is 268 cm³/mol. The number of rotatable bonds is 44. The molecule has 4 nitrogen and oxygen atoms in total. The molecule has 0 aliphatic heterocycles. The lowest BCUT2D eigenvalue weighted by molar-refractivity contribution is -0.153. The predicted octanol–water partition coefficient (Wildman–Crippen LogP) is 19.0. The average Bonchev–Trinajstić information content (AvgIpc) is 3.19. The van der Waals surface area contributed by atoms with E-state index in [0.29, 0.717) is 6.42 Å². The molecule has 342 valence electrons. The number of hydrogen-bond acceptors (Lipinski definition) is 4. The summed E-state index contributed by atoms with van der Waals surface area (Å²) in [5, 5.41) is 0. The first-order valence-electron chi connectivity index (χ1n) is 24.5. The summed E-state index contributed by atoms with van der Waals surface area (Å²) in [7, 11) is 0. The molecule has 0 bridgehead atoms. The standard InChI is InChI=1S/C50H90Br4O4/c1-4-7-10-13-16-17-18-19-24-31-38-46(58-48(56)40-33-26-23-30-37-44-50(53,54)42-35-28-21-15-12-9-6-3)45-57-47(55)39-32-25-22-29-36-43-49(51,52)41-34-27-20-14-11-8-5-2/h32-33,39-40,46H,4-31,34-38,41-45H2,1-3H3/b39-32-,40-33-. The van der Waals surface area contributed by atoms with E-state index in [1.165, 1.54) is 141 Å². The molecule has 58 heavy (non-hydrogen) atoms. The third-order valence-corrected chi connectivity index (χ3v) is 14.4. The lowest BCUT2D eigenvalue weighted by atomic mass is 10.0. The zero-order chi connectivity index (χ0) is 42.8. The van der Waals surface area contributed by atoms with E-state index in [-0.39, 0.29) is 25.0 Å². The molecule has 1 atom stereocenters. The van der Waals surface area contributed by atoms with Crippen LogP contribution in [0.15, 0.2) is 24.3 Å². The fraction of sp³-hybridized carbons (Fsp3) is 0.880. The van der Waals surface area contributed by atoms with E-state index in [9.17, 15) is 9.59 Å². The van der Waals surface area contributed by atoms with Gasteiger partial charge in [0.1, 0.15) is 12.7 Å². The summed E-state index contributed by atoms with van der Waals surface area (Å²) in [5.74, 6) is -0.690. The molecule has 0 aromatic rings. The van der Waals surface area contributed by atoms with Crippen LogP contribution in [-0.2, 0) is 19.1 Å². The highest BCUT2D eigenvalue weighted by Crippen LogP contribution is 2.38. The van der Waals surface area contributed by atoms with Gasteiger partial charge < -0.3 is 9.47 Å². The molecule has 1 unspecified atom stereocenters. The quantitative estimate of drug-likeness (QED) is 0.0264. The number of allylic oxidation sites excluding steroid dienone is 2. The second-order valence-electron chi connectivity index (χ2n) is 17.1. The Hall–Kier alpha value is 0.340. The Labute approximate surface area is 393 Å². The minimum Gasteiger partial charge on any atom is -0.459 e. The highest BCUT2D eigenvalue weighted by Gasteiger charge is 2.22. The number of esters is 2. The van der Waals surface area contributed by atoms with Crippen molar-refractivity contribution in [3.05, 3.63) is 24.3 Å². The van der Waals surface area contributed by atoms with Crippen molar-refractivity contribution in [2.45, 2.75) is 271 Å². The molecule has 0 amide bonds. The van der Waals surface area contributed by atoms with Gasteiger partial charge in [0.05, 0.1) is 6.47 Å². The number of hydrogen-bond donors (Lipinski definition) is 0. The molecule has 0 spiro atoms. The molecule has 0 radical (unpaired) electrons. The number of carbonyl (C=O) groups excluding carboxylic acids is 2. The van der Waals surface area contributed by atoms with E-state index < -0.39 is 6.10 Å². The Kier molecular flexibility index (Phi) is 42.9. The van der Waals surface area contributed by atoms with Crippen LogP contribution in [0.25, 0.3) is 0 Å². The van der Waals surface area contributed by atoms with Crippen LogP contribution in [-0.4, -0.2) is 31.1 Å². The molecule has 0 rings (SSSR count). The van der Waals surface area contributed by atoms with Gasteiger partial charge in [-0.05, 0) is 64.2 Å². The minimum absolute atomic E-state index is 0.0479. The number of carbonyl (C=O) groups is 2. The van der Waals surface area contributed by atoms with E-state index in [4.69, 9.17) is 9.47 Å². The van der Waals surface area contributed by atoms with Crippen LogP contribution in [0.5, 0.6) is 0 Å². The Morgan fingerprint density at radius 3 is 1.12 bits per heavy atom. The summed E-state index contributed by atoms with van der Waals surface area (Å²) in [5.41, 5.74) is 0. The topological polar surface area (TPSA) is 52.6 Å². The van der Waals surface area contributed by atoms with Gasteiger partial charge in [-0.25, -0.2) is 9.59 Å². The van der Waals surface area contributed by atoms with Gasteiger partial charge in [-0.1, -0.05) is 270 Å². The third kappa shape index (κ3) is 43.0. The fourth-order valence-corrected chi connectivity index (χ4v) is 9.64. The molecule has 0 heterocycles. The van der Waals surface area contributed by atoms with Crippen molar-refractivity contribution >= 4 is 75.7 Å². The number of alkyl halides is 4. The van der Waals surface area contributed by atoms with E-state index >= 15 is 0 Å². The second kappa shape index (κ2) is 42.6. The lowest BCUT2D eigenvalue weighted by Crippen LogP contribution is -2.24. The van der Waals surface area contributed by atoms with E-state index in [1.54, 1.807) is 12.2 Å². The molecule has 0 aliphatic carbocycles. The van der Waals surface area contributed by atoms with Gasteiger partial charge in [-0.15, -0.1) is 0 Å². The Bertz CT molecular complexity index is 983. The Morgan fingerprint density at radius 1 is 0.431 bits per heavy atom. The van der Waals surface area contributed by atoms with Gasteiger partial charge in [0.25, 0.3) is 0 Å². The van der Waals surface area contributed by atoms with Crippen LogP contribution in [0.2, 0.25) is 0 Å². The van der Waals surface area contributed by atoms with E-state index in [2.05, 4.69) is 84.5 Å². The van der Waals surface area contributed by atoms with Gasteiger partial charge >= 0.3 is 11.9 Å². The molecule has 0 aliphatic rings. The molecule has 0 saturated heterocycles. The monoisotopic (exact) mass is 1070 g/mol. The van der Waals surface area contributed by atoms with Crippen molar-refractivity contribution in [3.63, 3.8) is 0 Å². The van der Waals surface area contributed by atoms with Crippen LogP contribution in [0.4, 0.5) is 0 Å². The zero-order valence-electron chi connectivity index (χ0n) is 37.9. The van der Waals surface area contributed by atoms with Crippen molar-refractivity contribution in [1.29, 1.82) is 0 Å². The minimum atomic E-state index is -0.416. The first-order chi connectivity index (χ1) is 28.0. The molecule has 0 aromatic carbocycles. The van der Waals surface area contributed by atoms with Crippen molar-refractivity contribution in [1.82, 2.24) is 0 Å². The van der Waals surface area contributed by atoms with Crippen molar-refractivity contribution in [2.24, 2.45) is 0 Å². The maximum atomic E-state index is 12.8. The Morgan fingerprint density at radius 2 is 0.741 bits per heavy atom. The smallest absolute Gasteiger partial charge is 0.330 e. The lowest BCUT2D eigenvalue weighted by Gasteiger charge is -2.20. The average molecular weight is 1070 g/mol. The fourth-order valence-electron chi connectivity index (χ4n) is 7.40. The summed E-state index contributed by atoms with van der Waals surface area (Å²) >= 11 is 15.6. The van der Waals surface area contributed by atoms with Gasteiger partial charge in [0.2, 0.25) is 0 Å². The molecule has 8 heteroatoms. The third-order valence-electron chi connectivity index (χ3n) is 11.2. The van der Waals surface area contributed by atoms with Crippen LogP contribution in [0.1, 0.15) is 258 Å². The van der Waals surface area contributed by atoms with E-state index in [1.807, 2.05) is 12.2 Å². The van der Waals surface area contributed by atoms with Crippen molar-refractivity contribution in [3.8, 4) is 0 Å². The molecular formula is C50H90Br4O4. The SMILES string of the molecule is CCCCCCCCCCCCC(COC(=O)/C=C\CCCCCC(Br)(Br)CCCCCCCCC)OC(=O)/C=C\CCCCCC(Br)(Br)CCCCCCCCC. The summed E-state index contributed by atoms with van der Waals surface area (Å²) in [6, 6.07) is 0. The normalized spacial score (nSPS) is 12.9. The molecule has 0 aromatic heterocycles. The summed E-state index contributed by atoms with van der Waals surface area (Å²) < 4.78 is 11.5. The summed E-state index contributed by atoms with van der Waals surface area (Å²) in [6.07, 6.45) is 51.4. The van der Waals surface area contributed by atoms with Gasteiger partial charge in [0.15, 0.2) is 0 Å². The highest BCUT2D eigenvalue weighted by atomic mass is 79.9. The molecular weight excluding hydrogens is 984 g/mol. The largest absolute Gasteiger partial charge is 0.459 e. The summed E-state index contributed by atoms with van der Waals surface area (Å²) in [4.78, 5) is 25.4. The maximum absolute atomic E-state index is 12.8. The number of ether oxygens (including phenoxy) is 2. The highest BCUT2D eigenvalue weighted by molar-refractivity contribution is 9.25. The van der Waals surface area contributed by atoms with E-state index in [0.717, 1.165) is 89.9 Å². The summed E-state index contributed by atoms with van der Waals surface area (Å²) in [6.45, 7) is 6.91. The molecule has 0 fully saturated rings. The number of halogens is 4. The maximum Gasteiger partial charge on any atom is 0.330 e. The molecule has 0 saturated carbocycles. The van der Waals surface area contributed by atoms with Crippen LogP contribution in [0, 0.1) is 0 Å². The first-order valence-corrected chi connectivity index (χ1v) is 27.7. The van der Waals surface area contributed by atoms with Crippen LogP contribution >= 0.6 is 63.7 Å². The Balaban J connectivity index is 4.51. The second-order valence-corrected chi connectivity index (χ2v) is 25.3. The number of unbranched alkanes of at least 4 members (excludes halogenated alkanes) is 27. The van der Waals surface area contributed by atoms with Crippen molar-refractivity contribution in [2.75, 3.05) is 6.61 Å². The van der Waals surface area contributed by atoms with Crippen LogP contribution in [0.3, 0.4) is 0 Å². The molecule has 0 N–H and O–H groups in total. The van der Waals surface area contributed by atoms with Gasteiger partial charge in [-0.2, -0.15) is 0 Å². The van der Waals surface area contributed by atoms with Crippen molar-refractivity contribution < 1.29 is 19.1 Å². The van der Waals surface area contributed by atoms with Crippen LogP contribution < -0.4 is 0 Å².